The molecule has 1 N–H and O–H groups in total. The number of carbonyl (C=O) groups is 1. The third-order valence-corrected chi connectivity index (χ3v) is 6.92. The summed E-state index contributed by atoms with van der Waals surface area (Å²) in [6.45, 7) is 11.1. The van der Waals surface area contributed by atoms with Gasteiger partial charge in [-0.1, -0.05) is 19.9 Å². The minimum absolute atomic E-state index is 0.0252. The second-order valence-corrected chi connectivity index (χ2v) is 9.80. The van der Waals surface area contributed by atoms with Gasteiger partial charge in [0.2, 0.25) is 0 Å². The Kier molecular flexibility index (Phi) is 6.15. The van der Waals surface area contributed by atoms with Crippen LogP contribution < -0.4 is 4.72 Å². The molecule has 0 unspecified atom stereocenters. The van der Waals surface area contributed by atoms with Gasteiger partial charge in [0.1, 0.15) is 0 Å². The van der Waals surface area contributed by atoms with E-state index in [0.29, 0.717) is 18.7 Å². The van der Waals surface area contributed by atoms with Crippen LogP contribution in [0.2, 0.25) is 0 Å². The van der Waals surface area contributed by atoms with Gasteiger partial charge in [0.15, 0.2) is 0 Å². The Hall–Kier alpha value is -1.44. The molecule has 0 saturated carbocycles. The van der Waals surface area contributed by atoms with E-state index < -0.39 is 10.2 Å². The number of hydrogen-bond acceptors (Lipinski definition) is 3. The molecule has 1 aromatic carbocycles. The average Bonchev–Trinajstić information content (AvgIpc) is 2.93. The maximum Gasteiger partial charge on any atom is 0.279 e. The lowest BCUT2D eigenvalue weighted by Crippen LogP contribution is -2.46. The molecule has 146 valence electrons. The fraction of sp³-hybridized carbons (Fsp3) is 0.632. The first-order chi connectivity index (χ1) is 11.9. The van der Waals surface area contributed by atoms with E-state index in [4.69, 9.17) is 0 Å². The second-order valence-electron chi connectivity index (χ2n) is 7.88. The molecular formula is C19H31N3O3S. The summed E-state index contributed by atoms with van der Waals surface area (Å²) in [5.41, 5.74) is 3.91. The number of likely N-dealkylation sites (tertiary alicyclic amines) is 1. The molecule has 1 aromatic rings. The lowest BCUT2D eigenvalue weighted by atomic mass is 9.92. The SMILES string of the molecule is Cc1cc(C)c(C(=O)N2C[C@@H](NS(=O)(=O)N(C)C)[C@H](C(C)C)C2)cc1C. The highest BCUT2D eigenvalue weighted by Crippen LogP contribution is 2.27. The zero-order valence-corrected chi connectivity index (χ0v) is 17.6. The summed E-state index contributed by atoms with van der Waals surface area (Å²) in [7, 11) is -0.531. The number of nitrogens with zero attached hydrogens (tertiary/aromatic N) is 2. The Morgan fingerprint density at radius 3 is 2.23 bits per heavy atom. The molecule has 1 amide bonds. The molecule has 1 aliphatic rings. The van der Waals surface area contributed by atoms with Crippen molar-refractivity contribution in [2.24, 2.45) is 11.8 Å². The Labute approximate surface area is 157 Å². The highest BCUT2D eigenvalue weighted by atomic mass is 32.2. The van der Waals surface area contributed by atoms with Gasteiger partial charge in [0.05, 0.1) is 0 Å². The molecule has 1 aliphatic heterocycles. The third-order valence-electron chi connectivity index (χ3n) is 5.36. The van der Waals surface area contributed by atoms with Crippen LogP contribution in [0.15, 0.2) is 12.1 Å². The molecule has 6 nitrogen and oxygen atoms in total. The standard InChI is InChI=1S/C19H31N3O3S/c1-12(2)17-10-22(11-18(17)20-26(24,25)21(6)7)19(23)16-9-14(4)13(3)8-15(16)5/h8-9,12,17-18,20H,10-11H2,1-7H3/t17-,18+/m0/s1. The Morgan fingerprint density at radius 1 is 1.12 bits per heavy atom. The van der Waals surface area contributed by atoms with E-state index in [9.17, 15) is 13.2 Å². The molecule has 0 aromatic heterocycles. The van der Waals surface area contributed by atoms with Gasteiger partial charge in [-0.2, -0.15) is 17.4 Å². The fourth-order valence-electron chi connectivity index (χ4n) is 3.45. The lowest BCUT2D eigenvalue weighted by molar-refractivity contribution is 0.0782. The highest BCUT2D eigenvalue weighted by Gasteiger charge is 2.39. The van der Waals surface area contributed by atoms with Gasteiger partial charge in [-0.05, 0) is 55.4 Å². The van der Waals surface area contributed by atoms with Crippen LogP contribution in [-0.2, 0) is 10.2 Å². The van der Waals surface area contributed by atoms with Crippen LogP contribution in [0, 0.1) is 32.6 Å². The summed E-state index contributed by atoms with van der Waals surface area (Å²) in [6.07, 6.45) is 0. The van der Waals surface area contributed by atoms with Crippen molar-refractivity contribution in [2.75, 3.05) is 27.2 Å². The number of nitrogens with one attached hydrogen (secondary N) is 1. The predicted octanol–water partition coefficient (Wildman–Crippen LogP) is 2.10. The van der Waals surface area contributed by atoms with Gasteiger partial charge < -0.3 is 4.90 Å². The first-order valence-electron chi connectivity index (χ1n) is 9.01. The Balaban J connectivity index is 2.27. The van der Waals surface area contributed by atoms with Crippen molar-refractivity contribution in [1.82, 2.24) is 13.9 Å². The quantitative estimate of drug-likeness (QED) is 0.849. The van der Waals surface area contributed by atoms with Crippen molar-refractivity contribution in [3.8, 4) is 0 Å². The number of carbonyl (C=O) groups excluding carboxylic acids is 1. The number of hydrogen-bond donors (Lipinski definition) is 1. The molecule has 1 saturated heterocycles. The summed E-state index contributed by atoms with van der Waals surface area (Å²) in [6, 6.07) is 3.69. The van der Waals surface area contributed by atoms with E-state index in [1.54, 1.807) is 4.90 Å². The van der Waals surface area contributed by atoms with Gasteiger partial charge in [0.25, 0.3) is 16.1 Å². The number of aryl methyl sites for hydroxylation is 3. The first kappa shape index (κ1) is 20.9. The predicted molar refractivity (Wildman–Crippen MR) is 104 cm³/mol. The molecule has 1 fully saturated rings. The minimum atomic E-state index is -3.54. The largest absolute Gasteiger partial charge is 0.337 e. The highest BCUT2D eigenvalue weighted by molar-refractivity contribution is 7.87. The summed E-state index contributed by atoms with van der Waals surface area (Å²) < 4.78 is 28.4. The van der Waals surface area contributed by atoms with Crippen LogP contribution in [0.1, 0.15) is 40.9 Å². The van der Waals surface area contributed by atoms with Crippen LogP contribution >= 0.6 is 0 Å². The molecule has 2 atom stereocenters. The van der Waals surface area contributed by atoms with E-state index in [2.05, 4.69) is 18.6 Å². The zero-order valence-electron chi connectivity index (χ0n) is 16.8. The Bertz CT molecular complexity index is 787. The third kappa shape index (κ3) is 4.27. The molecule has 0 bridgehead atoms. The van der Waals surface area contributed by atoms with Crippen molar-refractivity contribution in [2.45, 2.75) is 40.7 Å². The molecule has 2 rings (SSSR count). The molecule has 0 radical (unpaired) electrons. The number of benzene rings is 1. The fourth-order valence-corrected chi connectivity index (χ4v) is 4.30. The van der Waals surface area contributed by atoms with Gasteiger partial charge >= 0.3 is 0 Å². The van der Waals surface area contributed by atoms with Crippen molar-refractivity contribution in [3.05, 3.63) is 34.4 Å². The normalized spacial score (nSPS) is 21.0. The van der Waals surface area contributed by atoms with Crippen LogP contribution in [0.5, 0.6) is 0 Å². The molecule has 0 spiro atoms. The molecule has 7 heteroatoms. The van der Waals surface area contributed by atoms with E-state index in [1.807, 2.05) is 32.9 Å². The van der Waals surface area contributed by atoms with Crippen LogP contribution in [0.4, 0.5) is 0 Å². The smallest absolute Gasteiger partial charge is 0.279 e. The van der Waals surface area contributed by atoms with E-state index in [0.717, 1.165) is 16.7 Å². The zero-order chi connectivity index (χ0) is 19.8. The maximum atomic E-state index is 13.1. The van der Waals surface area contributed by atoms with Gasteiger partial charge in [-0.25, -0.2) is 0 Å². The van der Waals surface area contributed by atoms with Gasteiger partial charge in [0, 0.05) is 38.8 Å². The topological polar surface area (TPSA) is 69.7 Å². The van der Waals surface area contributed by atoms with Crippen molar-refractivity contribution in [3.63, 3.8) is 0 Å². The van der Waals surface area contributed by atoms with E-state index >= 15 is 0 Å². The van der Waals surface area contributed by atoms with E-state index in [1.165, 1.54) is 18.4 Å². The molecule has 1 heterocycles. The van der Waals surface area contributed by atoms with Crippen LogP contribution in [0.25, 0.3) is 0 Å². The van der Waals surface area contributed by atoms with Gasteiger partial charge in [-0.15, -0.1) is 0 Å². The molecular weight excluding hydrogens is 350 g/mol. The average molecular weight is 382 g/mol. The monoisotopic (exact) mass is 381 g/mol. The summed E-state index contributed by atoms with van der Waals surface area (Å²) in [4.78, 5) is 14.9. The van der Waals surface area contributed by atoms with Crippen LogP contribution in [0.3, 0.4) is 0 Å². The Morgan fingerprint density at radius 2 is 1.69 bits per heavy atom. The number of amides is 1. The van der Waals surface area contributed by atoms with Crippen molar-refractivity contribution >= 4 is 16.1 Å². The van der Waals surface area contributed by atoms with Crippen LogP contribution in [-0.4, -0.2) is 56.8 Å². The van der Waals surface area contributed by atoms with Crippen molar-refractivity contribution < 1.29 is 13.2 Å². The lowest BCUT2D eigenvalue weighted by Gasteiger charge is -2.24. The summed E-state index contributed by atoms with van der Waals surface area (Å²) in [5.74, 6) is 0.326. The van der Waals surface area contributed by atoms with Crippen molar-refractivity contribution in [1.29, 1.82) is 0 Å². The number of rotatable bonds is 5. The molecule has 0 aliphatic carbocycles. The second kappa shape index (κ2) is 7.66. The summed E-state index contributed by atoms with van der Waals surface area (Å²) >= 11 is 0. The first-order valence-corrected chi connectivity index (χ1v) is 10.4. The van der Waals surface area contributed by atoms with Gasteiger partial charge in [-0.3, -0.25) is 4.79 Å². The van der Waals surface area contributed by atoms with E-state index in [-0.39, 0.29) is 23.8 Å². The summed E-state index contributed by atoms with van der Waals surface area (Å²) in [5, 5.41) is 0. The molecule has 26 heavy (non-hydrogen) atoms. The minimum Gasteiger partial charge on any atom is -0.337 e. The maximum absolute atomic E-state index is 13.1.